The Hall–Kier alpha value is -0.970. The predicted molar refractivity (Wildman–Crippen MR) is 82.1 cm³/mol. The molecule has 1 heterocycles. The van der Waals surface area contributed by atoms with E-state index in [0.717, 1.165) is 18.6 Å². The van der Waals surface area contributed by atoms with E-state index >= 15 is 0 Å². The Morgan fingerprint density at radius 3 is 2.11 bits per heavy atom. The highest BCUT2D eigenvalue weighted by atomic mass is 32.1. The molecule has 1 aromatic rings. The van der Waals surface area contributed by atoms with Crippen LogP contribution in [0.25, 0.3) is 0 Å². The Kier molecular flexibility index (Phi) is 7.63. The molecule has 0 aliphatic heterocycles. The van der Waals surface area contributed by atoms with Gasteiger partial charge in [0.2, 0.25) is 0 Å². The molecular weight excluding hydrogens is 260 g/mol. The first-order valence-electron chi connectivity index (χ1n) is 7.03. The van der Waals surface area contributed by atoms with E-state index in [1.807, 2.05) is 0 Å². The van der Waals surface area contributed by atoms with Crippen LogP contribution < -0.4 is 11.1 Å². The number of unbranched alkanes of at least 4 members (excludes halogenated alkanes) is 6. The molecule has 0 bridgehead atoms. The fourth-order valence-electron chi connectivity index (χ4n) is 2.04. The van der Waals surface area contributed by atoms with E-state index in [1.54, 1.807) is 19.4 Å². The second-order valence-electron chi connectivity index (χ2n) is 4.91. The number of thiol groups is 1. The fourth-order valence-corrected chi connectivity index (χ4v) is 2.27. The van der Waals surface area contributed by atoms with E-state index in [9.17, 15) is 9.59 Å². The molecule has 0 unspecified atom stereocenters. The van der Waals surface area contributed by atoms with Gasteiger partial charge in [0.25, 0.3) is 0 Å². The van der Waals surface area contributed by atoms with Crippen molar-refractivity contribution in [2.45, 2.75) is 51.5 Å². The lowest BCUT2D eigenvalue weighted by atomic mass is 10.1. The summed E-state index contributed by atoms with van der Waals surface area (Å²) in [5.74, 6) is 0.978. The van der Waals surface area contributed by atoms with E-state index in [1.165, 1.54) is 41.2 Å². The highest BCUT2D eigenvalue weighted by molar-refractivity contribution is 7.80. The molecule has 1 rings (SSSR count). The van der Waals surface area contributed by atoms with Gasteiger partial charge in [-0.1, -0.05) is 32.1 Å². The summed E-state index contributed by atoms with van der Waals surface area (Å²) in [5, 5.41) is 0. The lowest BCUT2D eigenvalue weighted by Gasteiger charge is -2.06. The molecule has 0 radical (unpaired) electrons. The summed E-state index contributed by atoms with van der Waals surface area (Å²) in [6.45, 7) is 0.644. The van der Waals surface area contributed by atoms with Gasteiger partial charge in [-0.2, -0.15) is 12.6 Å². The Bertz CT molecular complexity index is 479. The summed E-state index contributed by atoms with van der Waals surface area (Å²) >= 11 is 4.18. The molecule has 1 aromatic heterocycles. The van der Waals surface area contributed by atoms with Crippen molar-refractivity contribution in [3.63, 3.8) is 0 Å². The molecule has 0 fully saturated rings. The summed E-state index contributed by atoms with van der Waals surface area (Å²) in [6.07, 6.45) is 11.6. The number of hydrogen-bond acceptors (Lipinski definition) is 3. The van der Waals surface area contributed by atoms with Crippen LogP contribution in [-0.4, -0.2) is 14.9 Å². The minimum atomic E-state index is -0.450. The molecule has 0 aromatic carbocycles. The van der Waals surface area contributed by atoms with Crippen LogP contribution >= 0.6 is 12.6 Å². The topological polar surface area (TPSA) is 44.0 Å². The van der Waals surface area contributed by atoms with Gasteiger partial charge in [-0.3, -0.25) is 9.59 Å². The van der Waals surface area contributed by atoms with Gasteiger partial charge in [0.05, 0.1) is 0 Å². The van der Waals surface area contributed by atoms with Crippen molar-refractivity contribution in [3.05, 3.63) is 33.1 Å². The van der Waals surface area contributed by atoms with Crippen LogP contribution in [0.2, 0.25) is 0 Å². The Labute approximate surface area is 119 Å². The molecule has 0 saturated heterocycles. The lowest BCUT2D eigenvalue weighted by Crippen LogP contribution is -2.39. The molecule has 5 heteroatoms. The van der Waals surface area contributed by atoms with Crippen molar-refractivity contribution in [2.24, 2.45) is 7.05 Å². The largest absolute Gasteiger partial charge is 0.316 e. The van der Waals surface area contributed by atoms with E-state index in [0.29, 0.717) is 6.54 Å². The first-order chi connectivity index (χ1) is 9.16. The molecule has 19 heavy (non-hydrogen) atoms. The van der Waals surface area contributed by atoms with Gasteiger partial charge < -0.3 is 9.13 Å². The average Bonchev–Trinajstić information content (AvgIpc) is 2.41. The average molecular weight is 284 g/mol. The maximum absolute atomic E-state index is 11.7. The van der Waals surface area contributed by atoms with E-state index in [-0.39, 0.29) is 0 Å². The van der Waals surface area contributed by atoms with Gasteiger partial charge in [-0.15, -0.1) is 0 Å². The number of rotatable bonds is 9. The molecule has 0 aliphatic rings. The molecule has 108 valence electrons. The first kappa shape index (κ1) is 16.1. The summed E-state index contributed by atoms with van der Waals surface area (Å²) in [6, 6.07) is 0. The zero-order chi connectivity index (χ0) is 14.1. The van der Waals surface area contributed by atoms with Crippen LogP contribution in [0.4, 0.5) is 0 Å². The summed E-state index contributed by atoms with van der Waals surface area (Å²) in [4.78, 5) is 23.1. The smallest absolute Gasteiger partial charge is 0.312 e. The van der Waals surface area contributed by atoms with Gasteiger partial charge in [0.1, 0.15) is 0 Å². The monoisotopic (exact) mass is 284 g/mol. The lowest BCUT2D eigenvalue weighted by molar-refractivity contribution is 0.536. The highest BCUT2D eigenvalue weighted by Gasteiger charge is 2.01. The Morgan fingerprint density at radius 2 is 1.47 bits per heavy atom. The summed E-state index contributed by atoms with van der Waals surface area (Å²) < 4.78 is 2.84. The number of nitrogens with zero attached hydrogens (tertiary/aromatic N) is 2. The van der Waals surface area contributed by atoms with Crippen LogP contribution in [0.3, 0.4) is 0 Å². The Morgan fingerprint density at radius 1 is 0.895 bits per heavy atom. The maximum Gasteiger partial charge on any atom is 0.316 e. The van der Waals surface area contributed by atoms with E-state index in [2.05, 4.69) is 12.6 Å². The van der Waals surface area contributed by atoms with Crippen molar-refractivity contribution in [2.75, 3.05) is 5.75 Å². The standard InChI is InChI=1S/C14H24N2O2S/c1-15-10-11-16(14(18)13(15)17)9-7-5-3-2-4-6-8-12-19/h10-11,19H,2-9,12H2,1H3. The summed E-state index contributed by atoms with van der Waals surface area (Å²) in [5.41, 5.74) is -0.868. The highest BCUT2D eigenvalue weighted by Crippen LogP contribution is 2.07. The molecule has 4 nitrogen and oxygen atoms in total. The van der Waals surface area contributed by atoms with Gasteiger partial charge in [0, 0.05) is 26.0 Å². The van der Waals surface area contributed by atoms with E-state index in [4.69, 9.17) is 0 Å². The van der Waals surface area contributed by atoms with Crippen LogP contribution in [0.1, 0.15) is 44.9 Å². The fraction of sp³-hybridized carbons (Fsp3) is 0.714. The third-order valence-corrected chi connectivity index (χ3v) is 3.61. The molecule has 0 spiro atoms. The normalized spacial score (nSPS) is 10.8. The van der Waals surface area contributed by atoms with Crippen molar-refractivity contribution in [1.29, 1.82) is 0 Å². The predicted octanol–water partition coefficient (Wildman–Crippen LogP) is 2.21. The maximum atomic E-state index is 11.7. The molecule has 0 saturated carbocycles. The Balaban J connectivity index is 2.22. The summed E-state index contributed by atoms with van der Waals surface area (Å²) in [7, 11) is 1.60. The number of hydrogen-bond donors (Lipinski definition) is 1. The van der Waals surface area contributed by atoms with Crippen molar-refractivity contribution < 1.29 is 0 Å². The molecule has 0 atom stereocenters. The van der Waals surface area contributed by atoms with Gasteiger partial charge >= 0.3 is 11.1 Å². The molecule has 0 aliphatic carbocycles. The number of aromatic nitrogens is 2. The zero-order valence-electron chi connectivity index (χ0n) is 11.7. The quantitative estimate of drug-likeness (QED) is 0.429. The third kappa shape index (κ3) is 5.68. The molecule has 0 N–H and O–H groups in total. The van der Waals surface area contributed by atoms with E-state index < -0.39 is 11.1 Å². The van der Waals surface area contributed by atoms with Gasteiger partial charge in [-0.05, 0) is 18.6 Å². The van der Waals surface area contributed by atoms with Crippen molar-refractivity contribution in [3.8, 4) is 0 Å². The second-order valence-corrected chi connectivity index (χ2v) is 5.36. The van der Waals surface area contributed by atoms with Crippen LogP contribution in [-0.2, 0) is 13.6 Å². The van der Waals surface area contributed by atoms with Crippen LogP contribution in [0, 0.1) is 0 Å². The third-order valence-electron chi connectivity index (χ3n) is 3.29. The number of aryl methyl sites for hydroxylation is 2. The van der Waals surface area contributed by atoms with Crippen molar-refractivity contribution >= 4 is 12.6 Å². The minimum Gasteiger partial charge on any atom is -0.312 e. The SMILES string of the molecule is Cn1ccn(CCCCCCCCCS)c(=O)c1=O. The van der Waals surface area contributed by atoms with Gasteiger partial charge in [-0.25, -0.2) is 0 Å². The molecular formula is C14H24N2O2S. The molecule has 0 amide bonds. The van der Waals surface area contributed by atoms with Crippen molar-refractivity contribution in [1.82, 2.24) is 9.13 Å². The zero-order valence-corrected chi connectivity index (χ0v) is 12.6. The minimum absolute atomic E-state index is 0.418. The van der Waals surface area contributed by atoms with Crippen LogP contribution in [0.15, 0.2) is 22.0 Å². The van der Waals surface area contributed by atoms with Gasteiger partial charge in [0.15, 0.2) is 0 Å². The second kappa shape index (κ2) is 9.02. The first-order valence-corrected chi connectivity index (χ1v) is 7.67. The van der Waals surface area contributed by atoms with Crippen LogP contribution in [0.5, 0.6) is 0 Å².